The second-order valence-electron chi connectivity index (χ2n) is 8.10. The van der Waals surface area contributed by atoms with Crippen LogP contribution >= 0.6 is 0 Å². The maximum atomic E-state index is 13.4. The van der Waals surface area contributed by atoms with Crippen molar-refractivity contribution in [2.24, 2.45) is 17.6 Å². The van der Waals surface area contributed by atoms with Crippen LogP contribution in [-0.4, -0.2) is 71.0 Å². The fourth-order valence-electron chi connectivity index (χ4n) is 5.04. The SMILES string of the molecule is C[C@@]1(O)c2cccc(O)c2C(O)=C2C(=O)[C@]3(O)C(O)=C(C(N)=O)C(=O)C(O)[C@@H]3C(O)[C@@H]21. The Kier molecular flexibility index (Phi) is 4.16. The zero-order valence-corrected chi connectivity index (χ0v) is 16.0. The van der Waals surface area contributed by atoms with Crippen molar-refractivity contribution in [2.45, 2.75) is 30.3 Å². The van der Waals surface area contributed by atoms with Crippen molar-refractivity contribution in [3.8, 4) is 5.75 Å². The monoisotopic (exact) mass is 433 g/mol. The molecule has 0 heterocycles. The summed E-state index contributed by atoms with van der Waals surface area (Å²) in [6.45, 7) is 1.17. The first-order chi connectivity index (χ1) is 14.3. The molecular weight excluding hydrogens is 414 g/mol. The van der Waals surface area contributed by atoms with E-state index in [9.17, 15) is 50.1 Å². The van der Waals surface area contributed by atoms with E-state index in [4.69, 9.17) is 5.73 Å². The Hall–Kier alpha value is -3.25. The van der Waals surface area contributed by atoms with Crippen LogP contribution in [0, 0.1) is 11.8 Å². The minimum absolute atomic E-state index is 0.0646. The van der Waals surface area contributed by atoms with Crippen LogP contribution in [0.25, 0.3) is 5.76 Å². The van der Waals surface area contributed by atoms with Gasteiger partial charge in [-0.3, -0.25) is 14.4 Å². The highest BCUT2D eigenvalue weighted by Crippen LogP contribution is 2.56. The quantitative estimate of drug-likeness (QED) is 0.228. The lowest BCUT2D eigenvalue weighted by Gasteiger charge is -2.53. The van der Waals surface area contributed by atoms with Crippen LogP contribution in [0.3, 0.4) is 0 Å². The predicted molar refractivity (Wildman–Crippen MR) is 100 cm³/mol. The van der Waals surface area contributed by atoms with E-state index in [0.717, 1.165) is 0 Å². The highest BCUT2D eigenvalue weighted by Gasteiger charge is 2.69. The van der Waals surface area contributed by atoms with Gasteiger partial charge in [-0.1, -0.05) is 12.1 Å². The summed E-state index contributed by atoms with van der Waals surface area (Å²) >= 11 is 0. The smallest absolute Gasteiger partial charge is 0.255 e. The molecule has 0 aromatic heterocycles. The first-order valence-corrected chi connectivity index (χ1v) is 9.18. The number of phenols is 1. The number of Topliss-reactive ketones (excluding diaryl/α,β-unsaturated/α-hetero) is 2. The third-order valence-electron chi connectivity index (χ3n) is 6.48. The number of rotatable bonds is 1. The third-order valence-corrected chi connectivity index (χ3v) is 6.48. The maximum Gasteiger partial charge on any atom is 0.255 e. The second kappa shape index (κ2) is 6.14. The van der Waals surface area contributed by atoms with Crippen LogP contribution in [0.1, 0.15) is 18.1 Å². The summed E-state index contributed by atoms with van der Waals surface area (Å²) in [7, 11) is 0. The molecule has 4 rings (SSSR count). The Morgan fingerprint density at radius 3 is 2.29 bits per heavy atom. The number of benzene rings is 1. The van der Waals surface area contributed by atoms with Gasteiger partial charge >= 0.3 is 0 Å². The van der Waals surface area contributed by atoms with Gasteiger partial charge in [0, 0.05) is 0 Å². The molecule has 2 unspecified atom stereocenters. The van der Waals surface area contributed by atoms with Crippen molar-refractivity contribution in [3.63, 3.8) is 0 Å². The molecule has 0 spiro atoms. The number of primary amides is 1. The molecule has 1 aromatic rings. The van der Waals surface area contributed by atoms with Crippen LogP contribution < -0.4 is 5.73 Å². The van der Waals surface area contributed by atoms with Gasteiger partial charge in [-0.25, -0.2) is 0 Å². The van der Waals surface area contributed by atoms with Crippen molar-refractivity contribution in [3.05, 3.63) is 46.2 Å². The summed E-state index contributed by atoms with van der Waals surface area (Å²) < 4.78 is 0. The average molecular weight is 433 g/mol. The van der Waals surface area contributed by atoms with Gasteiger partial charge < -0.3 is 41.5 Å². The van der Waals surface area contributed by atoms with E-state index in [2.05, 4.69) is 0 Å². The minimum atomic E-state index is -3.21. The minimum Gasteiger partial charge on any atom is -0.508 e. The molecule has 1 saturated carbocycles. The fourth-order valence-corrected chi connectivity index (χ4v) is 5.04. The molecule has 164 valence electrons. The summed E-state index contributed by atoms with van der Waals surface area (Å²) in [5.41, 5.74) is -2.68. The summed E-state index contributed by atoms with van der Waals surface area (Å²) in [6.07, 6.45) is -4.41. The molecular formula is C20H19NO10. The van der Waals surface area contributed by atoms with Crippen LogP contribution in [0.2, 0.25) is 0 Å². The van der Waals surface area contributed by atoms with E-state index in [1.165, 1.54) is 25.1 Å². The molecule has 6 atom stereocenters. The second-order valence-corrected chi connectivity index (χ2v) is 8.10. The molecule has 0 aliphatic heterocycles. The molecule has 31 heavy (non-hydrogen) atoms. The van der Waals surface area contributed by atoms with E-state index < -0.39 is 81.1 Å². The van der Waals surface area contributed by atoms with Crippen LogP contribution in [-0.2, 0) is 20.0 Å². The molecule has 0 saturated heterocycles. The van der Waals surface area contributed by atoms with Crippen LogP contribution in [0.5, 0.6) is 5.75 Å². The number of ketones is 2. The van der Waals surface area contributed by atoms with Gasteiger partial charge in [-0.05, 0) is 18.6 Å². The number of phenolic OH excluding ortho intramolecular Hbond substituents is 1. The number of carbonyl (C=O) groups is 3. The van der Waals surface area contributed by atoms with Gasteiger partial charge in [-0.2, -0.15) is 0 Å². The number of carbonyl (C=O) groups excluding carboxylic acids is 3. The normalized spacial score (nSPS) is 37.3. The number of hydrogen-bond acceptors (Lipinski definition) is 10. The number of fused-ring (bicyclic) bond motifs is 3. The number of aliphatic hydroxyl groups excluding tert-OH is 4. The lowest BCUT2D eigenvalue weighted by atomic mass is 9.54. The molecule has 0 bridgehead atoms. The number of aliphatic hydroxyl groups is 6. The average Bonchev–Trinajstić information content (AvgIpc) is 2.67. The third kappa shape index (κ3) is 2.28. The van der Waals surface area contributed by atoms with Gasteiger partial charge in [0.2, 0.25) is 11.6 Å². The van der Waals surface area contributed by atoms with E-state index >= 15 is 0 Å². The number of hydrogen-bond donors (Lipinski definition) is 8. The topological polar surface area (TPSA) is 219 Å². The highest BCUT2D eigenvalue weighted by atomic mass is 16.4. The van der Waals surface area contributed by atoms with Crippen molar-refractivity contribution in [1.82, 2.24) is 0 Å². The maximum absolute atomic E-state index is 13.4. The number of nitrogens with two attached hydrogens (primary N) is 1. The molecule has 11 heteroatoms. The molecule has 1 aromatic carbocycles. The Balaban J connectivity index is 2.09. The van der Waals surface area contributed by atoms with Gasteiger partial charge in [0.25, 0.3) is 5.91 Å². The molecule has 3 aliphatic rings. The number of amides is 1. The summed E-state index contributed by atoms with van der Waals surface area (Å²) in [5.74, 6) is -11.1. The molecule has 9 N–H and O–H groups in total. The first-order valence-electron chi connectivity index (χ1n) is 9.18. The lowest BCUT2D eigenvalue weighted by molar-refractivity contribution is -0.188. The van der Waals surface area contributed by atoms with E-state index in [0.29, 0.717) is 0 Å². The standard InChI is InChI=1S/C20H19NO10/c1-19(30)5-3-2-4-6(22)7(5)12(23)8-10(19)14(25)11-15(26)13(24)9(18(21)29)17(28)20(11,31)16(8)27/h2-4,10-11,14-15,22-23,25-26,28,30-31H,1H3,(H2,21,29)/t10-,11+,14?,15?,19-,20+/m1/s1. The van der Waals surface area contributed by atoms with Gasteiger partial charge in [-0.15, -0.1) is 0 Å². The fraction of sp³-hybridized carbons (Fsp3) is 0.350. The van der Waals surface area contributed by atoms with E-state index in [1.807, 2.05) is 0 Å². The zero-order valence-electron chi connectivity index (χ0n) is 16.0. The number of aromatic hydroxyl groups is 1. The predicted octanol–water partition coefficient (Wildman–Crippen LogP) is -1.97. The van der Waals surface area contributed by atoms with E-state index in [1.54, 1.807) is 0 Å². The summed E-state index contributed by atoms with van der Waals surface area (Å²) in [6, 6.07) is 3.84. The van der Waals surface area contributed by atoms with Crippen molar-refractivity contribution in [1.29, 1.82) is 0 Å². The molecule has 3 aliphatic carbocycles. The molecule has 1 fully saturated rings. The zero-order chi connectivity index (χ0) is 23.2. The Labute approximate surface area is 174 Å². The van der Waals surface area contributed by atoms with Gasteiger partial charge in [0.15, 0.2) is 5.60 Å². The van der Waals surface area contributed by atoms with Crippen molar-refractivity contribution in [2.75, 3.05) is 0 Å². The molecule has 0 radical (unpaired) electrons. The van der Waals surface area contributed by atoms with Gasteiger partial charge in [0.05, 0.1) is 34.7 Å². The Morgan fingerprint density at radius 2 is 1.71 bits per heavy atom. The van der Waals surface area contributed by atoms with Gasteiger partial charge in [0.1, 0.15) is 28.9 Å². The lowest BCUT2D eigenvalue weighted by Crippen LogP contribution is -2.70. The molecule has 1 amide bonds. The summed E-state index contributed by atoms with van der Waals surface area (Å²) in [4.78, 5) is 37.4. The van der Waals surface area contributed by atoms with Crippen LogP contribution in [0.4, 0.5) is 0 Å². The summed E-state index contributed by atoms with van der Waals surface area (Å²) in [5, 5.41) is 75.3. The van der Waals surface area contributed by atoms with Crippen molar-refractivity contribution < 1.29 is 50.1 Å². The van der Waals surface area contributed by atoms with E-state index in [-0.39, 0.29) is 11.1 Å². The Bertz CT molecular complexity index is 1130. The Morgan fingerprint density at radius 1 is 1.10 bits per heavy atom. The van der Waals surface area contributed by atoms with Crippen LogP contribution in [0.15, 0.2) is 35.1 Å². The largest absolute Gasteiger partial charge is 0.508 e. The van der Waals surface area contributed by atoms with Crippen molar-refractivity contribution >= 4 is 23.2 Å². The first kappa shape index (κ1) is 21.0. The molecule has 11 nitrogen and oxygen atoms in total. The highest BCUT2D eigenvalue weighted by molar-refractivity contribution is 6.24.